The second kappa shape index (κ2) is 12.6. The second-order valence-corrected chi connectivity index (χ2v) is 18.4. The van der Waals surface area contributed by atoms with Crippen LogP contribution in [0, 0.1) is 0 Å². The molecule has 2 aliphatic rings. The molecular formula is C60H42O2. The van der Waals surface area contributed by atoms with E-state index in [0.717, 1.165) is 43.9 Å². The summed E-state index contributed by atoms with van der Waals surface area (Å²) in [5.74, 6) is 0. The normalized spacial score (nSPS) is 14.4. The molecular weight excluding hydrogens is 753 g/mol. The van der Waals surface area contributed by atoms with Crippen LogP contribution in [0.15, 0.2) is 191 Å². The number of benzene rings is 9. The number of hydrogen-bond donors (Lipinski definition) is 0. The molecule has 2 heterocycles. The van der Waals surface area contributed by atoms with Crippen LogP contribution in [0.25, 0.3) is 111 Å². The van der Waals surface area contributed by atoms with E-state index in [1.165, 1.54) is 89.0 Å². The van der Waals surface area contributed by atoms with Gasteiger partial charge in [0.2, 0.25) is 0 Å². The maximum Gasteiger partial charge on any atom is 0.135 e. The fraction of sp³-hybridized carbons (Fsp3) is 0.100. The molecule has 0 atom stereocenters. The van der Waals surface area contributed by atoms with E-state index in [-0.39, 0.29) is 10.8 Å². The van der Waals surface area contributed by atoms with E-state index in [9.17, 15) is 0 Å². The molecule has 2 heteroatoms. The van der Waals surface area contributed by atoms with Crippen LogP contribution in [-0.2, 0) is 10.8 Å². The van der Waals surface area contributed by atoms with Crippen LogP contribution >= 0.6 is 0 Å². The summed E-state index contributed by atoms with van der Waals surface area (Å²) in [5, 5.41) is 4.59. The molecule has 0 saturated carbocycles. The Morgan fingerprint density at radius 2 is 0.661 bits per heavy atom. The van der Waals surface area contributed by atoms with Gasteiger partial charge in [0.15, 0.2) is 0 Å². The highest BCUT2D eigenvalue weighted by molar-refractivity contribution is 6.11. The first-order valence-electron chi connectivity index (χ1n) is 21.7. The smallest absolute Gasteiger partial charge is 0.135 e. The summed E-state index contributed by atoms with van der Waals surface area (Å²) in [7, 11) is 0. The SMILES string of the molecule is CC1(C)c2cc(-c3ccc4oc5ccccc5c4c3)ccc2-c2c(-c3ccccc3)c3c(c(-c4ccccc4)c21)C(C)(C)c1cc(-c2ccc4oc5ccccc5c4c2)ccc1-3. The van der Waals surface area contributed by atoms with Gasteiger partial charge in [-0.3, -0.25) is 0 Å². The predicted octanol–water partition coefficient (Wildman–Crippen LogP) is 16.8. The van der Waals surface area contributed by atoms with E-state index in [4.69, 9.17) is 8.83 Å². The van der Waals surface area contributed by atoms with E-state index in [1.54, 1.807) is 0 Å². The molecule has 0 bridgehead atoms. The fourth-order valence-electron chi connectivity index (χ4n) is 11.3. The van der Waals surface area contributed by atoms with Gasteiger partial charge >= 0.3 is 0 Å². The van der Waals surface area contributed by atoms with E-state index in [0.29, 0.717) is 0 Å². The van der Waals surface area contributed by atoms with Crippen LogP contribution < -0.4 is 0 Å². The zero-order valence-corrected chi connectivity index (χ0v) is 35.1. The van der Waals surface area contributed by atoms with Crippen molar-refractivity contribution in [2.75, 3.05) is 0 Å². The van der Waals surface area contributed by atoms with Gasteiger partial charge in [-0.2, -0.15) is 0 Å². The van der Waals surface area contributed by atoms with Crippen LogP contribution in [0.3, 0.4) is 0 Å². The van der Waals surface area contributed by atoms with E-state index in [2.05, 4.69) is 198 Å². The Bertz CT molecular complexity index is 3470. The van der Waals surface area contributed by atoms with Crippen molar-refractivity contribution < 1.29 is 8.83 Å². The van der Waals surface area contributed by atoms with Crippen molar-refractivity contribution in [1.29, 1.82) is 0 Å². The maximum atomic E-state index is 6.24. The molecule has 9 aromatic carbocycles. The second-order valence-electron chi connectivity index (χ2n) is 18.4. The van der Waals surface area contributed by atoms with Gasteiger partial charge in [-0.1, -0.05) is 161 Å². The number of hydrogen-bond acceptors (Lipinski definition) is 2. The summed E-state index contributed by atoms with van der Waals surface area (Å²) in [5.41, 5.74) is 23.9. The zero-order valence-electron chi connectivity index (χ0n) is 35.1. The molecule has 62 heavy (non-hydrogen) atoms. The Kier molecular flexibility index (Phi) is 7.16. The average Bonchev–Trinajstić information content (AvgIpc) is 4.01. The average molecular weight is 795 g/mol. The van der Waals surface area contributed by atoms with Gasteiger partial charge in [-0.05, 0) is 138 Å². The van der Waals surface area contributed by atoms with Crippen molar-refractivity contribution in [3.63, 3.8) is 0 Å². The summed E-state index contributed by atoms with van der Waals surface area (Å²) in [6, 6.07) is 66.7. The minimum Gasteiger partial charge on any atom is -0.456 e. The van der Waals surface area contributed by atoms with Crippen molar-refractivity contribution in [3.05, 3.63) is 204 Å². The summed E-state index contributed by atoms with van der Waals surface area (Å²) in [6.07, 6.45) is 0. The molecule has 0 unspecified atom stereocenters. The molecule has 0 N–H and O–H groups in total. The van der Waals surface area contributed by atoms with E-state index < -0.39 is 0 Å². The summed E-state index contributed by atoms with van der Waals surface area (Å²) < 4.78 is 12.5. The minimum absolute atomic E-state index is 0.310. The van der Waals surface area contributed by atoms with Gasteiger partial charge < -0.3 is 8.83 Å². The van der Waals surface area contributed by atoms with Crippen LogP contribution in [0.4, 0.5) is 0 Å². The lowest BCUT2D eigenvalue weighted by atomic mass is 9.70. The number of fused-ring (bicyclic) bond motifs is 12. The van der Waals surface area contributed by atoms with Crippen molar-refractivity contribution in [2.45, 2.75) is 38.5 Å². The highest BCUT2D eigenvalue weighted by Gasteiger charge is 2.47. The van der Waals surface area contributed by atoms with Gasteiger partial charge in [0.25, 0.3) is 0 Å². The fourth-order valence-corrected chi connectivity index (χ4v) is 11.3. The van der Waals surface area contributed by atoms with E-state index in [1.807, 2.05) is 12.1 Å². The highest BCUT2D eigenvalue weighted by atomic mass is 16.3. The molecule has 0 amide bonds. The Hall–Kier alpha value is -7.42. The van der Waals surface area contributed by atoms with Crippen molar-refractivity contribution >= 4 is 43.9 Å². The molecule has 2 nitrogen and oxygen atoms in total. The third-order valence-corrected chi connectivity index (χ3v) is 14.2. The largest absolute Gasteiger partial charge is 0.456 e. The first-order valence-corrected chi connectivity index (χ1v) is 21.7. The minimum atomic E-state index is -0.310. The van der Waals surface area contributed by atoms with Crippen LogP contribution in [0.2, 0.25) is 0 Å². The molecule has 0 aliphatic heterocycles. The molecule has 0 fully saturated rings. The number of para-hydroxylation sites is 2. The van der Waals surface area contributed by atoms with Gasteiger partial charge in [-0.25, -0.2) is 0 Å². The quantitative estimate of drug-likeness (QED) is 0.177. The molecule has 2 aromatic heterocycles. The Balaban J connectivity index is 1.07. The number of furan rings is 2. The van der Waals surface area contributed by atoms with Gasteiger partial charge in [0.05, 0.1) is 0 Å². The number of rotatable bonds is 4. The molecule has 11 aromatic rings. The Labute approximate surface area is 360 Å². The van der Waals surface area contributed by atoms with Crippen molar-refractivity contribution in [1.82, 2.24) is 0 Å². The molecule has 0 saturated heterocycles. The monoisotopic (exact) mass is 794 g/mol. The lowest BCUT2D eigenvalue weighted by Gasteiger charge is -2.32. The molecule has 0 spiro atoms. The standard InChI is InChI=1S/C60H42O2/c1-59(2)47-33-39(37-25-29-51-45(31-37)41-19-11-13-21-49(41)61-51)23-27-43(47)55-53(35-15-7-5-8-16-35)56-44-28-24-40(38-26-30-52-46(32-38)42-20-12-14-22-50(42)62-52)34-48(44)60(3,4)58(56)54(57(55)59)36-17-9-6-10-18-36/h5-34H,1-4H3. The first-order chi connectivity index (χ1) is 30.3. The summed E-state index contributed by atoms with van der Waals surface area (Å²) in [6.45, 7) is 9.80. The molecule has 13 rings (SSSR count). The summed E-state index contributed by atoms with van der Waals surface area (Å²) in [4.78, 5) is 0. The lowest BCUT2D eigenvalue weighted by molar-refractivity contribution is 0.643. The van der Waals surface area contributed by atoms with Gasteiger partial charge in [0, 0.05) is 32.4 Å². The van der Waals surface area contributed by atoms with Crippen LogP contribution in [0.1, 0.15) is 49.9 Å². The van der Waals surface area contributed by atoms with Gasteiger partial charge in [0.1, 0.15) is 22.3 Å². The van der Waals surface area contributed by atoms with Crippen molar-refractivity contribution in [3.8, 4) is 66.8 Å². The van der Waals surface area contributed by atoms with Crippen LogP contribution in [0.5, 0.6) is 0 Å². The third kappa shape index (κ3) is 4.81. The van der Waals surface area contributed by atoms with Gasteiger partial charge in [-0.15, -0.1) is 0 Å². The summed E-state index contributed by atoms with van der Waals surface area (Å²) >= 11 is 0. The van der Waals surface area contributed by atoms with Crippen molar-refractivity contribution in [2.24, 2.45) is 0 Å². The highest BCUT2D eigenvalue weighted by Crippen LogP contribution is 2.65. The van der Waals surface area contributed by atoms with Crippen LogP contribution in [-0.4, -0.2) is 0 Å². The Morgan fingerprint density at radius 1 is 0.290 bits per heavy atom. The molecule has 294 valence electrons. The molecule has 2 aliphatic carbocycles. The first kappa shape index (κ1) is 35.3. The molecule has 0 radical (unpaired) electrons. The Morgan fingerprint density at radius 3 is 1.13 bits per heavy atom. The van der Waals surface area contributed by atoms with E-state index >= 15 is 0 Å². The topological polar surface area (TPSA) is 26.3 Å². The maximum absolute atomic E-state index is 6.24. The third-order valence-electron chi connectivity index (χ3n) is 14.2. The predicted molar refractivity (Wildman–Crippen MR) is 258 cm³/mol. The lowest BCUT2D eigenvalue weighted by Crippen LogP contribution is -2.22. The zero-order chi connectivity index (χ0) is 41.5.